The predicted molar refractivity (Wildman–Crippen MR) is 29.7 cm³/mol. The van der Waals surface area contributed by atoms with Crippen LogP contribution in [0.15, 0.2) is 0 Å². The first-order chi connectivity index (χ1) is 4.31. The molecule has 0 aromatic heterocycles. The van der Waals surface area contributed by atoms with Crippen molar-refractivity contribution in [3.63, 3.8) is 0 Å². The second-order valence-corrected chi connectivity index (χ2v) is 1.60. The Kier molecular flexibility index (Phi) is 5.15. The van der Waals surface area contributed by atoms with Crippen molar-refractivity contribution in [2.24, 2.45) is 0 Å². The van der Waals surface area contributed by atoms with Gasteiger partial charge in [0.1, 0.15) is 6.61 Å². The molecular formula is C5H10O4. The number of aliphatic hydroxyl groups excluding tert-OH is 2. The summed E-state index contributed by atoms with van der Waals surface area (Å²) in [7, 11) is 0. The normalized spacial score (nSPS) is 12.7. The number of carbonyl (C=O) groups excluding carboxylic acids is 1. The molecular weight excluding hydrogens is 124 g/mol. The smallest absolute Gasteiger partial charge is 0.293 e. The molecule has 0 saturated carbocycles. The Labute approximate surface area is 53.1 Å². The van der Waals surface area contributed by atoms with Gasteiger partial charge in [-0.25, -0.2) is 0 Å². The summed E-state index contributed by atoms with van der Waals surface area (Å²) >= 11 is 0. The van der Waals surface area contributed by atoms with Crippen molar-refractivity contribution in [3.8, 4) is 0 Å². The van der Waals surface area contributed by atoms with E-state index in [1.165, 1.54) is 0 Å². The van der Waals surface area contributed by atoms with Gasteiger partial charge in [0.05, 0.1) is 6.10 Å². The zero-order valence-electron chi connectivity index (χ0n) is 4.99. The first-order valence-electron chi connectivity index (χ1n) is 2.65. The van der Waals surface area contributed by atoms with Gasteiger partial charge in [-0.2, -0.15) is 0 Å². The zero-order valence-corrected chi connectivity index (χ0v) is 4.99. The lowest BCUT2D eigenvalue weighted by Crippen LogP contribution is -2.15. The van der Waals surface area contributed by atoms with Crippen molar-refractivity contribution in [1.82, 2.24) is 0 Å². The van der Waals surface area contributed by atoms with Crippen LogP contribution in [0.5, 0.6) is 0 Å². The molecule has 4 heteroatoms. The maximum absolute atomic E-state index is 9.52. The van der Waals surface area contributed by atoms with E-state index >= 15 is 0 Å². The molecule has 0 heterocycles. The molecule has 0 saturated heterocycles. The number of hydrogen-bond donors (Lipinski definition) is 2. The molecule has 0 radical (unpaired) electrons. The van der Waals surface area contributed by atoms with Crippen molar-refractivity contribution in [3.05, 3.63) is 0 Å². The van der Waals surface area contributed by atoms with E-state index in [9.17, 15) is 4.79 Å². The van der Waals surface area contributed by atoms with Crippen LogP contribution in [0.25, 0.3) is 0 Å². The molecule has 0 aromatic carbocycles. The van der Waals surface area contributed by atoms with Crippen LogP contribution in [0.4, 0.5) is 0 Å². The highest BCUT2D eigenvalue weighted by Crippen LogP contribution is 1.88. The Bertz CT molecular complexity index is 73.4. The highest BCUT2D eigenvalue weighted by molar-refractivity contribution is 5.36. The van der Waals surface area contributed by atoms with Crippen LogP contribution in [0, 0.1) is 0 Å². The molecule has 0 aliphatic rings. The lowest BCUT2D eigenvalue weighted by molar-refractivity contribution is -0.131. The summed E-state index contributed by atoms with van der Waals surface area (Å²) in [5.41, 5.74) is 0. The quantitative estimate of drug-likeness (QED) is 0.468. The zero-order chi connectivity index (χ0) is 7.11. The molecule has 0 aliphatic carbocycles. The van der Waals surface area contributed by atoms with E-state index in [4.69, 9.17) is 10.2 Å². The van der Waals surface area contributed by atoms with Gasteiger partial charge in [0.2, 0.25) is 0 Å². The number of rotatable bonds is 5. The van der Waals surface area contributed by atoms with E-state index in [0.29, 0.717) is 0 Å². The van der Waals surface area contributed by atoms with Gasteiger partial charge in [-0.1, -0.05) is 0 Å². The predicted octanol–water partition coefficient (Wildman–Crippen LogP) is -1.10. The van der Waals surface area contributed by atoms with Crippen molar-refractivity contribution in [1.29, 1.82) is 0 Å². The Morgan fingerprint density at radius 2 is 2.33 bits per heavy atom. The standard InChI is InChI=1S/C5H10O4/c6-2-1-5(8)3-9-4-7/h4-6,8H,1-3H2. The molecule has 54 valence electrons. The van der Waals surface area contributed by atoms with Gasteiger partial charge in [0.15, 0.2) is 0 Å². The molecule has 0 spiro atoms. The fraction of sp³-hybridized carbons (Fsp3) is 0.800. The van der Waals surface area contributed by atoms with Crippen LogP contribution in [-0.4, -0.2) is 36.0 Å². The van der Waals surface area contributed by atoms with Crippen molar-refractivity contribution in [2.45, 2.75) is 12.5 Å². The van der Waals surface area contributed by atoms with Crippen molar-refractivity contribution >= 4 is 6.47 Å². The molecule has 9 heavy (non-hydrogen) atoms. The fourth-order valence-corrected chi connectivity index (χ4v) is 0.383. The third kappa shape index (κ3) is 5.26. The van der Waals surface area contributed by atoms with Crippen LogP contribution in [0.2, 0.25) is 0 Å². The van der Waals surface area contributed by atoms with Crippen LogP contribution < -0.4 is 0 Å². The topological polar surface area (TPSA) is 66.8 Å². The summed E-state index contributed by atoms with van der Waals surface area (Å²) < 4.78 is 4.21. The van der Waals surface area contributed by atoms with E-state index < -0.39 is 6.10 Å². The number of carbonyl (C=O) groups is 1. The maximum atomic E-state index is 9.52. The van der Waals surface area contributed by atoms with Crippen LogP contribution in [-0.2, 0) is 9.53 Å². The Morgan fingerprint density at radius 1 is 1.67 bits per heavy atom. The monoisotopic (exact) mass is 134 g/mol. The second-order valence-electron chi connectivity index (χ2n) is 1.60. The summed E-state index contributed by atoms with van der Waals surface area (Å²) in [6.07, 6.45) is -0.492. The Balaban J connectivity index is 3.04. The summed E-state index contributed by atoms with van der Waals surface area (Å²) in [5.74, 6) is 0. The summed E-state index contributed by atoms with van der Waals surface area (Å²) in [6.45, 7) is 0.133. The maximum Gasteiger partial charge on any atom is 0.293 e. The molecule has 0 amide bonds. The first-order valence-corrected chi connectivity index (χ1v) is 2.65. The van der Waals surface area contributed by atoms with Crippen molar-refractivity contribution in [2.75, 3.05) is 13.2 Å². The van der Waals surface area contributed by atoms with Gasteiger partial charge in [-0.05, 0) is 6.42 Å². The number of aliphatic hydroxyl groups is 2. The molecule has 0 aromatic rings. The van der Waals surface area contributed by atoms with E-state index in [1.54, 1.807) is 0 Å². The Hall–Kier alpha value is -0.610. The van der Waals surface area contributed by atoms with Gasteiger partial charge in [0, 0.05) is 6.61 Å². The van der Waals surface area contributed by atoms with Gasteiger partial charge in [-0.3, -0.25) is 4.79 Å². The molecule has 1 unspecified atom stereocenters. The molecule has 4 nitrogen and oxygen atoms in total. The first kappa shape index (κ1) is 8.39. The molecule has 0 bridgehead atoms. The van der Waals surface area contributed by atoms with E-state index in [0.717, 1.165) is 0 Å². The summed E-state index contributed by atoms with van der Waals surface area (Å²) in [4.78, 5) is 9.52. The molecule has 0 aliphatic heterocycles. The van der Waals surface area contributed by atoms with E-state index in [2.05, 4.69) is 4.74 Å². The minimum atomic E-state index is -0.736. The second kappa shape index (κ2) is 5.53. The lowest BCUT2D eigenvalue weighted by atomic mass is 10.3. The highest BCUT2D eigenvalue weighted by Gasteiger charge is 2.01. The van der Waals surface area contributed by atoms with E-state index in [1.807, 2.05) is 0 Å². The Morgan fingerprint density at radius 3 is 2.78 bits per heavy atom. The van der Waals surface area contributed by atoms with Crippen LogP contribution >= 0.6 is 0 Å². The summed E-state index contributed by atoms with van der Waals surface area (Å²) in [6, 6.07) is 0. The highest BCUT2D eigenvalue weighted by atomic mass is 16.5. The van der Waals surface area contributed by atoms with E-state index in [-0.39, 0.29) is 26.1 Å². The van der Waals surface area contributed by atoms with Crippen molar-refractivity contribution < 1.29 is 19.7 Å². The van der Waals surface area contributed by atoms with Gasteiger partial charge in [0.25, 0.3) is 6.47 Å². The number of hydrogen-bond acceptors (Lipinski definition) is 4. The van der Waals surface area contributed by atoms with Crippen LogP contribution in [0.1, 0.15) is 6.42 Å². The average molecular weight is 134 g/mol. The van der Waals surface area contributed by atoms with Gasteiger partial charge < -0.3 is 14.9 Å². The average Bonchev–Trinajstić information content (AvgIpc) is 1.85. The lowest BCUT2D eigenvalue weighted by Gasteiger charge is -2.04. The minimum absolute atomic E-state index is 0.0376. The third-order valence-electron chi connectivity index (χ3n) is 0.819. The van der Waals surface area contributed by atoms with Crippen LogP contribution in [0.3, 0.4) is 0 Å². The van der Waals surface area contributed by atoms with Gasteiger partial charge >= 0.3 is 0 Å². The molecule has 0 fully saturated rings. The molecule has 2 N–H and O–H groups in total. The number of ether oxygens (including phenoxy) is 1. The third-order valence-corrected chi connectivity index (χ3v) is 0.819. The van der Waals surface area contributed by atoms with Gasteiger partial charge in [-0.15, -0.1) is 0 Å². The molecule has 0 rings (SSSR count). The fourth-order valence-electron chi connectivity index (χ4n) is 0.383. The molecule has 1 atom stereocenters. The minimum Gasteiger partial charge on any atom is -0.465 e. The largest absolute Gasteiger partial charge is 0.465 e. The SMILES string of the molecule is O=COCC(O)CCO. The summed E-state index contributed by atoms with van der Waals surface area (Å²) in [5, 5.41) is 17.0.